The molecule has 1 atom stereocenters. The molecule has 1 aromatic carbocycles. The Kier molecular flexibility index (Phi) is 10.8. The molecule has 0 aromatic heterocycles. The summed E-state index contributed by atoms with van der Waals surface area (Å²) < 4.78 is 4.99. The van der Waals surface area contributed by atoms with Crippen molar-refractivity contribution in [3.63, 3.8) is 0 Å². The van der Waals surface area contributed by atoms with E-state index in [1.807, 2.05) is 6.07 Å². The molecule has 0 radical (unpaired) electrons. The van der Waals surface area contributed by atoms with Crippen LogP contribution in [-0.4, -0.2) is 11.9 Å². The Morgan fingerprint density at radius 1 is 0.875 bits per heavy atom. The van der Waals surface area contributed by atoms with Crippen LogP contribution >= 0.6 is 0 Å². The summed E-state index contributed by atoms with van der Waals surface area (Å²) >= 11 is 0. The molecule has 0 fully saturated rings. The minimum Gasteiger partial charge on any atom is -0.389 e. The summed E-state index contributed by atoms with van der Waals surface area (Å²) in [5.74, 6) is -0.610. The minimum absolute atomic E-state index is 0.331. The van der Waals surface area contributed by atoms with E-state index in [1.165, 1.54) is 32.1 Å². The fraction of sp³-hybridized carbons (Fsp3) is 0.619. The van der Waals surface area contributed by atoms with Crippen LogP contribution < -0.4 is 0 Å². The lowest BCUT2D eigenvalue weighted by Crippen LogP contribution is -2.16. The van der Waals surface area contributed by atoms with Crippen molar-refractivity contribution in [3.05, 3.63) is 35.9 Å². The molecule has 1 unspecified atom stereocenters. The van der Waals surface area contributed by atoms with Crippen LogP contribution in [-0.2, 0) is 9.53 Å². The number of carbonyl (C=O) groups is 2. The van der Waals surface area contributed by atoms with E-state index in [-0.39, 0.29) is 0 Å². The van der Waals surface area contributed by atoms with E-state index >= 15 is 0 Å². The molecular formula is C21H32O3. The van der Waals surface area contributed by atoms with Crippen molar-refractivity contribution >= 4 is 11.9 Å². The molecule has 0 saturated heterocycles. The molecule has 3 heteroatoms. The average molecular weight is 332 g/mol. The van der Waals surface area contributed by atoms with Gasteiger partial charge >= 0.3 is 11.9 Å². The number of rotatable bonds is 12. The van der Waals surface area contributed by atoms with E-state index in [0.717, 1.165) is 25.7 Å². The van der Waals surface area contributed by atoms with Gasteiger partial charge in [-0.05, 0) is 24.5 Å². The first-order valence-corrected chi connectivity index (χ1v) is 9.47. The predicted molar refractivity (Wildman–Crippen MR) is 97.9 cm³/mol. The van der Waals surface area contributed by atoms with Gasteiger partial charge in [-0.25, -0.2) is 4.79 Å². The zero-order valence-corrected chi connectivity index (χ0v) is 15.3. The topological polar surface area (TPSA) is 43.4 Å². The van der Waals surface area contributed by atoms with Gasteiger partial charge < -0.3 is 4.74 Å². The van der Waals surface area contributed by atoms with Crippen LogP contribution in [0.4, 0.5) is 0 Å². The predicted octanol–water partition coefficient (Wildman–Crippen LogP) is 5.93. The van der Waals surface area contributed by atoms with Crippen LogP contribution in [0, 0.1) is 5.92 Å². The van der Waals surface area contributed by atoms with Gasteiger partial charge in [-0.2, -0.15) is 0 Å². The molecule has 24 heavy (non-hydrogen) atoms. The fourth-order valence-corrected chi connectivity index (χ4v) is 2.98. The Morgan fingerprint density at radius 3 is 2.21 bits per heavy atom. The van der Waals surface area contributed by atoms with Crippen LogP contribution in [0.2, 0.25) is 0 Å². The van der Waals surface area contributed by atoms with Gasteiger partial charge in [0.05, 0.1) is 5.56 Å². The lowest BCUT2D eigenvalue weighted by atomic mass is 9.93. The maximum atomic E-state index is 12.0. The number of hydrogen-bond donors (Lipinski definition) is 0. The number of benzene rings is 1. The van der Waals surface area contributed by atoms with Crippen molar-refractivity contribution in [2.75, 3.05) is 0 Å². The Hall–Kier alpha value is -1.64. The first-order valence-electron chi connectivity index (χ1n) is 9.47. The third kappa shape index (κ3) is 8.85. The van der Waals surface area contributed by atoms with Crippen molar-refractivity contribution in [1.82, 2.24) is 0 Å². The largest absolute Gasteiger partial charge is 0.389 e. The minimum atomic E-state index is -0.546. The van der Waals surface area contributed by atoms with Gasteiger partial charge in [0.2, 0.25) is 0 Å². The monoisotopic (exact) mass is 332 g/mol. The molecule has 0 bridgehead atoms. The summed E-state index contributed by atoms with van der Waals surface area (Å²) in [6.07, 6.45) is 11.0. The SMILES string of the molecule is CCCCCCCCC(CCC)CC(=O)OC(=O)c1ccccc1. The molecule has 0 amide bonds. The van der Waals surface area contributed by atoms with Crippen molar-refractivity contribution in [1.29, 1.82) is 0 Å². The molecule has 134 valence electrons. The molecule has 1 aromatic rings. The summed E-state index contributed by atoms with van der Waals surface area (Å²) in [5, 5.41) is 0. The van der Waals surface area contributed by atoms with E-state index in [9.17, 15) is 9.59 Å². The second-order valence-corrected chi connectivity index (χ2v) is 6.54. The van der Waals surface area contributed by atoms with E-state index < -0.39 is 11.9 Å². The zero-order valence-electron chi connectivity index (χ0n) is 15.3. The summed E-state index contributed by atoms with van der Waals surface area (Å²) in [6, 6.07) is 8.68. The summed E-state index contributed by atoms with van der Waals surface area (Å²) in [4.78, 5) is 24.0. The highest BCUT2D eigenvalue weighted by molar-refractivity contribution is 5.96. The van der Waals surface area contributed by atoms with Crippen LogP contribution in [0.5, 0.6) is 0 Å². The van der Waals surface area contributed by atoms with Gasteiger partial charge in [0, 0.05) is 6.42 Å². The highest BCUT2D eigenvalue weighted by Gasteiger charge is 2.18. The Bertz CT molecular complexity index is 467. The maximum Gasteiger partial charge on any atom is 0.345 e. The van der Waals surface area contributed by atoms with Gasteiger partial charge in [0.25, 0.3) is 0 Å². The Labute approximate surface area is 146 Å². The van der Waals surface area contributed by atoms with E-state index in [1.54, 1.807) is 24.3 Å². The van der Waals surface area contributed by atoms with Crippen molar-refractivity contribution in [3.8, 4) is 0 Å². The Balaban J connectivity index is 2.32. The van der Waals surface area contributed by atoms with Gasteiger partial charge in [-0.1, -0.05) is 83.4 Å². The summed E-state index contributed by atoms with van der Waals surface area (Å²) in [7, 11) is 0. The van der Waals surface area contributed by atoms with Gasteiger partial charge in [-0.15, -0.1) is 0 Å². The number of esters is 2. The molecule has 0 aliphatic heterocycles. The van der Waals surface area contributed by atoms with Crippen LogP contribution in [0.3, 0.4) is 0 Å². The summed E-state index contributed by atoms with van der Waals surface area (Å²) in [6.45, 7) is 4.36. The fourth-order valence-electron chi connectivity index (χ4n) is 2.98. The highest BCUT2D eigenvalue weighted by atomic mass is 16.6. The van der Waals surface area contributed by atoms with E-state index in [0.29, 0.717) is 17.9 Å². The molecule has 1 rings (SSSR count). The first-order chi connectivity index (χ1) is 11.7. The smallest absolute Gasteiger partial charge is 0.345 e. The second-order valence-electron chi connectivity index (χ2n) is 6.54. The van der Waals surface area contributed by atoms with Crippen molar-refractivity contribution < 1.29 is 14.3 Å². The first kappa shape index (κ1) is 20.4. The van der Waals surface area contributed by atoms with Crippen LogP contribution in [0.1, 0.15) is 88.4 Å². The average Bonchev–Trinajstić information content (AvgIpc) is 2.58. The van der Waals surface area contributed by atoms with Crippen LogP contribution in [0.15, 0.2) is 30.3 Å². The molecule has 0 N–H and O–H groups in total. The molecule has 0 aliphatic carbocycles. The van der Waals surface area contributed by atoms with Gasteiger partial charge in [0.15, 0.2) is 0 Å². The number of carbonyl (C=O) groups excluding carboxylic acids is 2. The normalized spacial score (nSPS) is 11.9. The van der Waals surface area contributed by atoms with Crippen molar-refractivity contribution in [2.45, 2.75) is 78.1 Å². The number of ether oxygens (including phenoxy) is 1. The summed E-state index contributed by atoms with van der Waals surface area (Å²) in [5.41, 5.74) is 0.425. The Morgan fingerprint density at radius 2 is 1.54 bits per heavy atom. The lowest BCUT2D eigenvalue weighted by Gasteiger charge is -2.15. The van der Waals surface area contributed by atoms with Gasteiger partial charge in [-0.3, -0.25) is 4.79 Å². The van der Waals surface area contributed by atoms with Gasteiger partial charge in [0.1, 0.15) is 0 Å². The third-order valence-corrected chi connectivity index (χ3v) is 4.33. The molecule has 0 saturated carbocycles. The maximum absolute atomic E-state index is 12.0. The van der Waals surface area contributed by atoms with Crippen LogP contribution in [0.25, 0.3) is 0 Å². The third-order valence-electron chi connectivity index (χ3n) is 4.33. The zero-order chi connectivity index (χ0) is 17.6. The lowest BCUT2D eigenvalue weighted by molar-refractivity contribution is -0.139. The highest BCUT2D eigenvalue weighted by Crippen LogP contribution is 2.21. The van der Waals surface area contributed by atoms with E-state index in [2.05, 4.69) is 13.8 Å². The molecule has 0 heterocycles. The molecule has 0 spiro atoms. The number of hydrogen-bond acceptors (Lipinski definition) is 3. The molecular weight excluding hydrogens is 300 g/mol. The number of unbranched alkanes of at least 4 members (excludes halogenated alkanes) is 5. The molecule has 3 nitrogen and oxygen atoms in total. The molecule has 0 aliphatic rings. The van der Waals surface area contributed by atoms with E-state index in [4.69, 9.17) is 4.74 Å². The quantitative estimate of drug-likeness (QED) is 0.271. The standard InChI is InChI=1S/C21H32O3/c1-3-5-6-7-8-10-14-18(13-4-2)17-20(22)24-21(23)19-15-11-9-12-16-19/h9,11-12,15-16,18H,3-8,10,13-14,17H2,1-2H3. The second kappa shape index (κ2) is 12.7. The van der Waals surface area contributed by atoms with Crippen molar-refractivity contribution in [2.24, 2.45) is 5.92 Å².